The van der Waals surface area contributed by atoms with Crippen LogP contribution in [-0.4, -0.2) is 30.3 Å². The van der Waals surface area contributed by atoms with E-state index >= 15 is 0 Å². The van der Waals surface area contributed by atoms with Crippen LogP contribution in [0.5, 0.6) is 0 Å². The van der Waals surface area contributed by atoms with Gasteiger partial charge in [0.2, 0.25) is 0 Å². The molecule has 1 aromatic carbocycles. The molecular weight excluding hydrogens is 278 g/mol. The number of hydrogen-bond acceptors (Lipinski definition) is 2. The largest absolute Gasteiger partial charge is 0.393 e. The summed E-state index contributed by atoms with van der Waals surface area (Å²) in [5.41, 5.74) is 0.354. The summed E-state index contributed by atoms with van der Waals surface area (Å²) in [6.07, 6.45) is 0.324. The Balaban J connectivity index is 2.21. The molecule has 1 atom stereocenters. The van der Waals surface area contributed by atoms with Crippen molar-refractivity contribution in [2.45, 2.75) is 32.8 Å². The average molecular weight is 300 g/mol. The molecule has 1 aromatic rings. The maximum Gasteiger partial charge on any atom is 0.314 e. The quantitative estimate of drug-likeness (QED) is 0.723. The molecule has 6 heteroatoms. The Hall–Kier alpha value is -1.69. The fourth-order valence-electron chi connectivity index (χ4n) is 1.76. The van der Waals surface area contributed by atoms with E-state index in [1.807, 2.05) is 13.8 Å². The van der Waals surface area contributed by atoms with Gasteiger partial charge in [0, 0.05) is 19.2 Å². The lowest BCUT2D eigenvalue weighted by Crippen LogP contribution is -2.38. The van der Waals surface area contributed by atoms with Crippen LogP contribution in [0.25, 0.3) is 0 Å². The summed E-state index contributed by atoms with van der Waals surface area (Å²) >= 11 is 0. The molecule has 0 heterocycles. The van der Waals surface area contributed by atoms with Crippen LogP contribution in [0.15, 0.2) is 18.2 Å². The zero-order valence-corrected chi connectivity index (χ0v) is 12.3. The second-order valence-corrected chi connectivity index (χ2v) is 5.27. The number of aliphatic hydroxyl groups excluding tert-OH is 1. The van der Waals surface area contributed by atoms with E-state index in [-0.39, 0.29) is 24.9 Å². The number of carbonyl (C=O) groups excluding carboxylic acids is 1. The van der Waals surface area contributed by atoms with Gasteiger partial charge in [0.05, 0.1) is 6.10 Å². The molecule has 0 saturated carbocycles. The molecule has 0 saturated heterocycles. The lowest BCUT2D eigenvalue weighted by molar-refractivity contribution is 0.116. The number of amides is 2. The van der Waals surface area contributed by atoms with Gasteiger partial charge >= 0.3 is 6.03 Å². The summed E-state index contributed by atoms with van der Waals surface area (Å²) in [6, 6.07) is 3.01. The van der Waals surface area contributed by atoms with Crippen LogP contribution in [0.2, 0.25) is 0 Å². The first kappa shape index (κ1) is 17.4. The minimum atomic E-state index is -0.620. The zero-order chi connectivity index (χ0) is 15.8. The zero-order valence-electron chi connectivity index (χ0n) is 12.3. The van der Waals surface area contributed by atoms with Crippen molar-refractivity contribution in [2.24, 2.45) is 5.92 Å². The molecule has 0 fully saturated rings. The number of urea groups is 1. The third-order valence-electron chi connectivity index (χ3n) is 3.19. The number of rotatable bonds is 7. The van der Waals surface area contributed by atoms with Crippen molar-refractivity contribution in [3.8, 4) is 0 Å². The van der Waals surface area contributed by atoms with Gasteiger partial charge in [0.15, 0.2) is 0 Å². The van der Waals surface area contributed by atoms with Crippen molar-refractivity contribution in [1.29, 1.82) is 0 Å². The van der Waals surface area contributed by atoms with Crippen LogP contribution in [0, 0.1) is 17.6 Å². The van der Waals surface area contributed by atoms with E-state index in [9.17, 15) is 18.7 Å². The molecule has 0 aromatic heterocycles. The summed E-state index contributed by atoms with van der Waals surface area (Å²) in [5.74, 6) is -1.08. The highest BCUT2D eigenvalue weighted by atomic mass is 19.1. The van der Waals surface area contributed by atoms with Crippen LogP contribution in [0.1, 0.15) is 25.8 Å². The van der Waals surface area contributed by atoms with Crippen LogP contribution in [0.4, 0.5) is 13.6 Å². The SMILES string of the molecule is CC(C)C(O)CCNC(=O)NCCc1ccc(F)cc1F. The van der Waals surface area contributed by atoms with E-state index in [1.54, 1.807) is 0 Å². The normalized spacial score (nSPS) is 12.3. The Bertz CT molecular complexity index is 467. The highest BCUT2D eigenvalue weighted by Crippen LogP contribution is 2.09. The van der Waals surface area contributed by atoms with Crippen molar-refractivity contribution in [3.63, 3.8) is 0 Å². The van der Waals surface area contributed by atoms with Gasteiger partial charge in [-0.3, -0.25) is 0 Å². The van der Waals surface area contributed by atoms with Crippen molar-refractivity contribution in [1.82, 2.24) is 10.6 Å². The number of halogens is 2. The number of aliphatic hydroxyl groups is 1. The molecule has 3 N–H and O–H groups in total. The summed E-state index contributed by atoms with van der Waals surface area (Å²) in [4.78, 5) is 11.5. The first-order valence-corrected chi connectivity index (χ1v) is 7.04. The summed E-state index contributed by atoms with van der Waals surface area (Å²) in [7, 11) is 0. The fourth-order valence-corrected chi connectivity index (χ4v) is 1.76. The van der Waals surface area contributed by atoms with Gasteiger partial charge in [-0.15, -0.1) is 0 Å². The third kappa shape index (κ3) is 6.53. The lowest BCUT2D eigenvalue weighted by atomic mass is 10.0. The molecule has 21 heavy (non-hydrogen) atoms. The molecule has 4 nitrogen and oxygen atoms in total. The monoisotopic (exact) mass is 300 g/mol. The fraction of sp³-hybridized carbons (Fsp3) is 0.533. The van der Waals surface area contributed by atoms with Gasteiger partial charge in [-0.1, -0.05) is 19.9 Å². The average Bonchev–Trinajstić information content (AvgIpc) is 2.41. The van der Waals surface area contributed by atoms with Crippen molar-refractivity contribution >= 4 is 6.03 Å². The Morgan fingerprint density at radius 3 is 2.52 bits per heavy atom. The predicted octanol–water partition coefficient (Wildman–Crippen LogP) is 2.21. The van der Waals surface area contributed by atoms with Gasteiger partial charge < -0.3 is 15.7 Å². The van der Waals surface area contributed by atoms with E-state index in [1.165, 1.54) is 12.1 Å². The topological polar surface area (TPSA) is 61.4 Å². The Morgan fingerprint density at radius 1 is 1.24 bits per heavy atom. The molecule has 0 spiro atoms. The van der Waals surface area contributed by atoms with Gasteiger partial charge in [0.1, 0.15) is 11.6 Å². The molecule has 118 valence electrons. The number of carbonyl (C=O) groups is 1. The van der Waals surface area contributed by atoms with E-state index < -0.39 is 17.7 Å². The highest BCUT2D eigenvalue weighted by molar-refractivity contribution is 5.73. The van der Waals surface area contributed by atoms with Crippen LogP contribution in [0.3, 0.4) is 0 Å². The van der Waals surface area contributed by atoms with Crippen LogP contribution >= 0.6 is 0 Å². The van der Waals surface area contributed by atoms with Gasteiger partial charge in [-0.2, -0.15) is 0 Å². The molecule has 0 aliphatic rings. The molecular formula is C15H22F2N2O2. The summed E-state index contributed by atoms with van der Waals surface area (Å²) < 4.78 is 26.1. The smallest absolute Gasteiger partial charge is 0.314 e. The van der Waals surface area contributed by atoms with Gasteiger partial charge in [-0.05, 0) is 30.4 Å². The third-order valence-corrected chi connectivity index (χ3v) is 3.19. The molecule has 1 unspecified atom stereocenters. The predicted molar refractivity (Wildman–Crippen MR) is 76.9 cm³/mol. The molecule has 0 aliphatic heterocycles. The van der Waals surface area contributed by atoms with Crippen molar-refractivity contribution in [3.05, 3.63) is 35.4 Å². The maximum atomic E-state index is 13.3. The van der Waals surface area contributed by atoms with Crippen molar-refractivity contribution in [2.75, 3.05) is 13.1 Å². The summed E-state index contributed by atoms with van der Waals surface area (Å²) in [6.45, 7) is 4.43. The van der Waals surface area contributed by atoms with E-state index in [0.29, 0.717) is 18.5 Å². The summed E-state index contributed by atoms with van der Waals surface area (Å²) in [5, 5.41) is 14.8. The maximum absolute atomic E-state index is 13.3. The number of benzene rings is 1. The minimum Gasteiger partial charge on any atom is -0.393 e. The van der Waals surface area contributed by atoms with Crippen LogP contribution in [-0.2, 0) is 6.42 Å². The van der Waals surface area contributed by atoms with Gasteiger partial charge in [-0.25, -0.2) is 13.6 Å². The molecule has 2 amide bonds. The number of nitrogens with one attached hydrogen (secondary N) is 2. The van der Waals surface area contributed by atoms with Crippen molar-refractivity contribution < 1.29 is 18.7 Å². The van der Waals surface area contributed by atoms with E-state index in [2.05, 4.69) is 10.6 Å². The lowest BCUT2D eigenvalue weighted by Gasteiger charge is -2.14. The highest BCUT2D eigenvalue weighted by Gasteiger charge is 2.09. The van der Waals surface area contributed by atoms with E-state index in [0.717, 1.165) is 6.07 Å². The first-order valence-electron chi connectivity index (χ1n) is 7.04. The molecule has 0 radical (unpaired) electrons. The number of hydrogen-bond donors (Lipinski definition) is 3. The van der Waals surface area contributed by atoms with Crippen LogP contribution < -0.4 is 10.6 Å². The molecule has 0 aliphatic carbocycles. The Morgan fingerprint density at radius 2 is 1.90 bits per heavy atom. The first-order chi connectivity index (χ1) is 9.90. The van der Waals surface area contributed by atoms with E-state index in [4.69, 9.17) is 0 Å². The Kier molecular flexibility index (Phi) is 7.08. The molecule has 1 rings (SSSR count). The second-order valence-electron chi connectivity index (χ2n) is 5.27. The van der Waals surface area contributed by atoms with Gasteiger partial charge in [0.25, 0.3) is 0 Å². The second kappa shape index (κ2) is 8.56. The minimum absolute atomic E-state index is 0.149. The Labute approximate surface area is 123 Å². The standard InChI is InChI=1S/C15H22F2N2O2/c1-10(2)14(20)6-8-19-15(21)18-7-5-11-3-4-12(16)9-13(11)17/h3-4,9-10,14,20H,5-8H2,1-2H3,(H2,18,19,21). The molecule has 0 bridgehead atoms.